The molecule has 26 heavy (non-hydrogen) atoms. The molecule has 0 aliphatic heterocycles. The van der Waals surface area contributed by atoms with Gasteiger partial charge in [-0.05, 0) is 49.2 Å². The fourth-order valence-electron chi connectivity index (χ4n) is 2.36. The molecular weight excluding hydrogens is 354 g/mol. The number of ether oxygens (including phenoxy) is 2. The zero-order valence-corrected chi connectivity index (χ0v) is 16.3. The molecule has 2 rings (SSSR count). The summed E-state index contributed by atoms with van der Waals surface area (Å²) in [6.45, 7) is 4.85. The Balaban J connectivity index is 2.08. The molecule has 0 bridgehead atoms. The van der Waals surface area contributed by atoms with E-state index in [2.05, 4.69) is 0 Å². The number of carbonyl (C=O) groups is 1. The van der Waals surface area contributed by atoms with Crippen LogP contribution in [0.15, 0.2) is 34.8 Å². The average Bonchev–Trinajstić information content (AvgIpc) is 3.02. The lowest BCUT2D eigenvalue weighted by Gasteiger charge is -2.14. The highest BCUT2D eigenvalue weighted by molar-refractivity contribution is 6.32. The quantitative estimate of drug-likeness (QED) is 0.625. The van der Waals surface area contributed by atoms with Gasteiger partial charge >= 0.3 is 0 Å². The summed E-state index contributed by atoms with van der Waals surface area (Å²) in [6, 6.07) is 7.27. The van der Waals surface area contributed by atoms with Crippen molar-refractivity contribution in [3.8, 4) is 11.5 Å². The fourth-order valence-corrected chi connectivity index (χ4v) is 2.63. The molecule has 0 N–H and O–H groups in total. The molecule has 0 radical (unpaired) electrons. The summed E-state index contributed by atoms with van der Waals surface area (Å²) in [7, 11) is 3.28. The van der Waals surface area contributed by atoms with Gasteiger partial charge in [-0.2, -0.15) is 0 Å². The Morgan fingerprint density at radius 2 is 2.12 bits per heavy atom. The summed E-state index contributed by atoms with van der Waals surface area (Å²) in [5.41, 5.74) is 0.756. The van der Waals surface area contributed by atoms with E-state index in [1.165, 1.54) is 6.08 Å². The standard InChI is InChI=1S/C20H24ClNO4/c1-5-10-25-20-17(21)11-15(12-18(20)24-4)7-9-19(23)22(3)13-16-8-6-14(2)26-16/h6-9,11-12H,5,10,13H2,1-4H3/b9-7+. The van der Waals surface area contributed by atoms with Crippen molar-refractivity contribution in [2.45, 2.75) is 26.8 Å². The van der Waals surface area contributed by atoms with E-state index in [0.29, 0.717) is 29.7 Å². The number of furan rings is 1. The highest BCUT2D eigenvalue weighted by Crippen LogP contribution is 2.36. The monoisotopic (exact) mass is 377 g/mol. The van der Waals surface area contributed by atoms with Crippen molar-refractivity contribution in [2.75, 3.05) is 20.8 Å². The molecular formula is C20H24ClNO4. The van der Waals surface area contributed by atoms with Crippen LogP contribution in [0, 0.1) is 6.92 Å². The molecule has 1 heterocycles. The first-order valence-electron chi connectivity index (χ1n) is 8.43. The predicted octanol–water partition coefficient (Wildman–Crippen LogP) is 4.71. The van der Waals surface area contributed by atoms with E-state index in [1.807, 2.05) is 26.0 Å². The van der Waals surface area contributed by atoms with Gasteiger partial charge in [-0.15, -0.1) is 0 Å². The topological polar surface area (TPSA) is 51.9 Å². The molecule has 0 saturated heterocycles. The third kappa shape index (κ3) is 5.30. The van der Waals surface area contributed by atoms with Crippen molar-refractivity contribution < 1.29 is 18.7 Å². The van der Waals surface area contributed by atoms with Gasteiger partial charge in [0.2, 0.25) is 5.91 Å². The van der Waals surface area contributed by atoms with Crippen LogP contribution >= 0.6 is 11.6 Å². The number of benzene rings is 1. The average molecular weight is 378 g/mol. The van der Waals surface area contributed by atoms with Crippen molar-refractivity contribution >= 4 is 23.6 Å². The molecule has 0 spiro atoms. The molecule has 0 fully saturated rings. The van der Waals surface area contributed by atoms with Gasteiger partial charge in [0, 0.05) is 13.1 Å². The molecule has 0 atom stereocenters. The van der Waals surface area contributed by atoms with Gasteiger partial charge in [0.1, 0.15) is 11.5 Å². The molecule has 0 unspecified atom stereocenters. The number of hydrogen-bond donors (Lipinski definition) is 0. The molecule has 2 aromatic rings. The third-order valence-corrected chi connectivity index (χ3v) is 3.97. The van der Waals surface area contributed by atoms with Crippen LogP contribution in [-0.4, -0.2) is 31.6 Å². The Bertz CT molecular complexity index is 782. The van der Waals surface area contributed by atoms with Gasteiger partial charge in [0.15, 0.2) is 11.5 Å². The van der Waals surface area contributed by atoms with E-state index >= 15 is 0 Å². The van der Waals surface area contributed by atoms with Crippen LogP contribution in [0.2, 0.25) is 5.02 Å². The van der Waals surface area contributed by atoms with Crippen LogP contribution in [0.25, 0.3) is 6.08 Å². The molecule has 1 amide bonds. The minimum Gasteiger partial charge on any atom is -0.493 e. The summed E-state index contributed by atoms with van der Waals surface area (Å²) >= 11 is 6.29. The van der Waals surface area contributed by atoms with Crippen molar-refractivity contribution in [1.29, 1.82) is 0 Å². The van der Waals surface area contributed by atoms with Crippen LogP contribution in [0.4, 0.5) is 0 Å². The van der Waals surface area contributed by atoms with Crippen LogP contribution in [0.5, 0.6) is 11.5 Å². The number of rotatable bonds is 8. The molecule has 1 aromatic carbocycles. The zero-order valence-electron chi connectivity index (χ0n) is 15.5. The van der Waals surface area contributed by atoms with Crippen LogP contribution in [-0.2, 0) is 11.3 Å². The summed E-state index contributed by atoms with van der Waals surface area (Å²) < 4.78 is 16.5. The first-order valence-corrected chi connectivity index (χ1v) is 8.81. The maximum atomic E-state index is 12.3. The predicted molar refractivity (Wildman–Crippen MR) is 103 cm³/mol. The lowest BCUT2D eigenvalue weighted by Crippen LogP contribution is -2.23. The number of amides is 1. The molecule has 1 aromatic heterocycles. The summed E-state index contributed by atoms with van der Waals surface area (Å²) in [5.74, 6) is 2.49. The van der Waals surface area contributed by atoms with Crippen molar-refractivity contribution in [3.05, 3.63) is 52.4 Å². The van der Waals surface area contributed by atoms with E-state index < -0.39 is 0 Å². The van der Waals surface area contributed by atoms with E-state index in [4.69, 9.17) is 25.5 Å². The van der Waals surface area contributed by atoms with Gasteiger partial charge in [-0.1, -0.05) is 18.5 Å². The van der Waals surface area contributed by atoms with Crippen LogP contribution in [0.1, 0.15) is 30.4 Å². The maximum absolute atomic E-state index is 12.3. The fraction of sp³-hybridized carbons (Fsp3) is 0.350. The van der Waals surface area contributed by atoms with Gasteiger partial charge < -0.3 is 18.8 Å². The van der Waals surface area contributed by atoms with E-state index in [1.54, 1.807) is 37.3 Å². The smallest absolute Gasteiger partial charge is 0.246 e. The number of carbonyl (C=O) groups excluding carboxylic acids is 1. The summed E-state index contributed by atoms with van der Waals surface area (Å²) in [6.07, 6.45) is 4.06. The number of likely N-dealkylation sites (N-methyl/N-ethyl adjacent to an activating group) is 1. The Morgan fingerprint density at radius 1 is 1.35 bits per heavy atom. The number of hydrogen-bond acceptors (Lipinski definition) is 4. The Morgan fingerprint density at radius 3 is 2.73 bits per heavy atom. The second kappa shape index (κ2) is 9.34. The van der Waals surface area contributed by atoms with Gasteiger partial charge in [-0.3, -0.25) is 4.79 Å². The molecule has 0 aliphatic carbocycles. The number of halogens is 1. The first kappa shape index (κ1) is 19.9. The lowest BCUT2D eigenvalue weighted by atomic mass is 10.2. The highest BCUT2D eigenvalue weighted by atomic mass is 35.5. The lowest BCUT2D eigenvalue weighted by molar-refractivity contribution is -0.125. The van der Waals surface area contributed by atoms with Crippen molar-refractivity contribution in [1.82, 2.24) is 4.90 Å². The normalized spacial score (nSPS) is 11.0. The minimum absolute atomic E-state index is 0.138. The molecule has 0 saturated carbocycles. The third-order valence-electron chi connectivity index (χ3n) is 3.69. The van der Waals surface area contributed by atoms with E-state index in [0.717, 1.165) is 23.5 Å². The second-order valence-electron chi connectivity index (χ2n) is 5.92. The summed E-state index contributed by atoms with van der Waals surface area (Å²) in [5, 5.41) is 0.448. The largest absolute Gasteiger partial charge is 0.493 e. The SMILES string of the molecule is CCCOc1c(Cl)cc(/C=C/C(=O)N(C)Cc2ccc(C)o2)cc1OC. The molecule has 140 valence electrons. The number of methoxy groups -OCH3 is 1. The van der Waals surface area contributed by atoms with Crippen molar-refractivity contribution in [3.63, 3.8) is 0 Å². The molecule has 0 aliphatic rings. The Labute approximate surface area is 159 Å². The number of aryl methyl sites for hydroxylation is 1. The highest BCUT2D eigenvalue weighted by Gasteiger charge is 2.12. The van der Waals surface area contributed by atoms with Crippen LogP contribution < -0.4 is 9.47 Å². The van der Waals surface area contributed by atoms with Gasteiger partial charge in [0.25, 0.3) is 0 Å². The van der Waals surface area contributed by atoms with E-state index in [-0.39, 0.29) is 5.91 Å². The number of nitrogens with zero attached hydrogens (tertiary/aromatic N) is 1. The van der Waals surface area contributed by atoms with Crippen molar-refractivity contribution in [2.24, 2.45) is 0 Å². The molecule has 6 heteroatoms. The molecule has 5 nitrogen and oxygen atoms in total. The zero-order chi connectivity index (χ0) is 19.1. The first-order chi connectivity index (χ1) is 12.4. The maximum Gasteiger partial charge on any atom is 0.246 e. The van der Waals surface area contributed by atoms with E-state index in [9.17, 15) is 4.79 Å². The Kier molecular flexibility index (Phi) is 7.16. The van der Waals surface area contributed by atoms with Gasteiger partial charge in [-0.25, -0.2) is 0 Å². The second-order valence-corrected chi connectivity index (χ2v) is 6.33. The van der Waals surface area contributed by atoms with Gasteiger partial charge in [0.05, 0.1) is 25.3 Å². The minimum atomic E-state index is -0.138. The summed E-state index contributed by atoms with van der Waals surface area (Å²) in [4.78, 5) is 13.9. The van der Waals surface area contributed by atoms with Crippen LogP contribution in [0.3, 0.4) is 0 Å². The Hall–Kier alpha value is -2.40.